The molecular formula is C25H30N6O3. The van der Waals surface area contributed by atoms with Crippen molar-refractivity contribution in [1.82, 2.24) is 29.5 Å². The van der Waals surface area contributed by atoms with E-state index >= 15 is 0 Å². The van der Waals surface area contributed by atoms with Crippen LogP contribution in [0.2, 0.25) is 0 Å². The lowest BCUT2D eigenvalue weighted by Crippen LogP contribution is -2.75. The number of nitrogens with zero attached hydrogens (tertiary/aromatic N) is 6. The number of hydrogen-bond donors (Lipinski definition) is 1. The molecule has 7 rings (SSSR count). The standard InChI is InChI=1S/C25H30N6O3/c32-22(33)20-4-2-1-3-18(20)9-28-10-25(11-28)14-30(15-25)23(34)29-12-24(13-29)7-19(8-24)31-16-26-21(27-31)17-5-6-17/h1-4,16-17,19H,5-15H2,(H,32,33). The summed E-state index contributed by atoms with van der Waals surface area (Å²) in [5.41, 5.74) is 1.73. The van der Waals surface area contributed by atoms with Gasteiger partial charge in [0, 0.05) is 62.6 Å². The van der Waals surface area contributed by atoms with E-state index in [1.807, 2.05) is 28.3 Å². The van der Waals surface area contributed by atoms with E-state index < -0.39 is 5.97 Å². The lowest BCUT2D eigenvalue weighted by molar-refractivity contribution is -0.120. The average molecular weight is 463 g/mol. The number of carboxylic acids is 1. The molecule has 1 aromatic carbocycles. The van der Waals surface area contributed by atoms with Gasteiger partial charge in [-0.25, -0.2) is 19.3 Å². The maximum Gasteiger partial charge on any atom is 0.336 e. The smallest absolute Gasteiger partial charge is 0.336 e. The fourth-order valence-corrected chi connectivity index (χ4v) is 6.70. The van der Waals surface area contributed by atoms with Crippen molar-refractivity contribution in [1.29, 1.82) is 0 Å². The second-order valence-corrected chi connectivity index (χ2v) is 11.5. The van der Waals surface area contributed by atoms with Gasteiger partial charge in [0.1, 0.15) is 6.33 Å². The van der Waals surface area contributed by atoms with Crippen molar-refractivity contribution in [3.8, 4) is 0 Å². The van der Waals surface area contributed by atoms with Gasteiger partial charge in [-0.15, -0.1) is 0 Å². The summed E-state index contributed by atoms with van der Waals surface area (Å²) in [6, 6.07) is 7.84. The quantitative estimate of drug-likeness (QED) is 0.734. The van der Waals surface area contributed by atoms with Gasteiger partial charge in [-0.1, -0.05) is 18.2 Å². The second kappa shape index (κ2) is 7.04. The van der Waals surface area contributed by atoms with Gasteiger partial charge in [-0.3, -0.25) is 4.90 Å². The Morgan fingerprint density at radius 3 is 2.32 bits per heavy atom. The fourth-order valence-electron chi connectivity index (χ4n) is 6.70. The Morgan fingerprint density at radius 2 is 1.65 bits per heavy atom. The first-order chi connectivity index (χ1) is 16.4. The molecule has 3 saturated heterocycles. The van der Waals surface area contributed by atoms with Gasteiger partial charge in [0.2, 0.25) is 0 Å². The maximum atomic E-state index is 12.9. The van der Waals surface area contributed by atoms with Crippen LogP contribution in [0, 0.1) is 10.8 Å². The lowest BCUT2D eigenvalue weighted by Gasteiger charge is -2.63. The summed E-state index contributed by atoms with van der Waals surface area (Å²) in [7, 11) is 0. The first-order valence-electron chi connectivity index (χ1n) is 12.4. The minimum atomic E-state index is -0.874. The zero-order chi connectivity index (χ0) is 23.1. The highest BCUT2D eigenvalue weighted by Crippen LogP contribution is 2.54. The number of hydrogen-bond acceptors (Lipinski definition) is 5. The highest BCUT2D eigenvalue weighted by atomic mass is 16.4. The number of aromatic nitrogens is 3. The predicted molar refractivity (Wildman–Crippen MR) is 122 cm³/mol. The van der Waals surface area contributed by atoms with E-state index in [-0.39, 0.29) is 11.4 Å². The molecule has 1 N–H and O–H groups in total. The van der Waals surface area contributed by atoms with Gasteiger partial charge in [0.15, 0.2) is 5.82 Å². The van der Waals surface area contributed by atoms with Crippen LogP contribution in [-0.2, 0) is 6.54 Å². The predicted octanol–water partition coefficient (Wildman–Crippen LogP) is 2.43. The van der Waals surface area contributed by atoms with Gasteiger partial charge >= 0.3 is 12.0 Å². The van der Waals surface area contributed by atoms with E-state index in [0.29, 0.717) is 29.5 Å². The number of carbonyl (C=O) groups is 2. The SMILES string of the molecule is O=C(O)c1ccccc1CN1CC2(C1)CN(C(=O)N1CC3(CC(n4cnc(C5CC5)n4)C3)C1)C2. The van der Waals surface area contributed by atoms with Gasteiger partial charge in [0.25, 0.3) is 0 Å². The summed E-state index contributed by atoms with van der Waals surface area (Å²) in [6.07, 6.45) is 6.55. The van der Waals surface area contributed by atoms with E-state index in [1.54, 1.807) is 12.1 Å². The molecule has 1 aromatic heterocycles. The highest BCUT2D eigenvalue weighted by molar-refractivity contribution is 5.89. The molecule has 9 heteroatoms. The summed E-state index contributed by atoms with van der Waals surface area (Å²) in [5, 5.41) is 14.1. The molecule has 0 radical (unpaired) electrons. The van der Waals surface area contributed by atoms with E-state index in [1.165, 1.54) is 12.8 Å². The number of benzene rings is 1. The molecule has 3 aliphatic heterocycles. The van der Waals surface area contributed by atoms with Crippen LogP contribution in [0.1, 0.15) is 59.4 Å². The molecule has 0 unspecified atom stereocenters. The molecule has 5 aliphatic rings. The minimum Gasteiger partial charge on any atom is -0.478 e. The van der Waals surface area contributed by atoms with Crippen LogP contribution >= 0.6 is 0 Å². The molecule has 2 aliphatic carbocycles. The van der Waals surface area contributed by atoms with E-state index in [2.05, 4.69) is 19.7 Å². The Balaban J connectivity index is 0.861. The molecule has 5 fully saturated rings. The van der Waals surface area contributed by atoms with Crippen molar-refractivity contribution in [2.24, 2.45) is 10.8 Å². The van der Waals surface area contributed by atoms with Crippen LogP contribution in [-0.4, -0.2) is 85.8 Å². The van der Waals surface area contributed by atoms with Gasteiger partial charge < -0.3 is 14.9 Å². The van der Waals surface area contributed by atoms with E-state index in [0.717, 1.165) is 63.5 Å². The van der Waals surface area contributed by atoms with Gasteiger partial charge in [-0.2, -0.15) is 5.10 Å². The number of amides is 2. The Morgan fingerprint density at radius 1 is 0.971 bits per heavy atom. The summed E-state index contributed by atoms with van der Waals surface area (Å²) in [4.78, 5) is 35.1. The average Bonchev–Trinajstić information content (AvgIpc) is 3.44. The molecule has 2 aromatic rings. The molecule has 0 bridgehead atoms. The van der Waals surface area contributed by atoms with E-state index in [9.17, 15) is 14.7 Å². The summed E-state index contributed by atoms with van der Waals surface area (Å²) in [6.45, 7) is 5.88. The highest BCUT2D eigenvalue weighted by Gasteiger charge is 2.58. The zero-order valence-electron chi connectivity index (χ0n) is 19.3. The Kier molecular flexibility index (Phi) is 4.23. The number of carbonyl (C=O) groups excluding carboxylic acids is 1. The maximum absolute atomic E-state index is 12.9. The molecule has 2 amide bonds. The van der Waals surface area contributed by atoms with Gasteiger partial charge in [0.05, 0.1) is 11.6 Å². The largest absolute Gasteiger partial charge is 0.478 e. The number of rotatable bonds is 5. The first kappa shape index (κ1) is 20.4. The topological polar surface area (TPSA) is 94.8 Å². The first-order valence-corrected chi connectivity index (χ1v) is 12.4. The molecule has 4 heterocycles. The van der Waals surface area contributed by atoms with Crippen LogP contribution < -0.4 is 0 Å². The summed E-state index contributed by atoms with van der Waals surface area (Å²) in [5.74, 6) is 0.731. The number of carboxylic acid groups (broad SMARTS) is 1. The summed E-state index contributed by atoms with van der Waals surface area (Å²) < 4.78 is 2.06. The van der Waals surface area contributed by atoms with Crippen molar-refractivity contribution in [3.05, 3.63) is 47.5 Å². The van der Waals surface area contributed by atoms with Crippen LogP contribution in [0.3, 0.4) is 0 Å². The van der Waals surface area contributed by atoms with Crippen molar-refractivity contribution >= 4 is 12.0 Å². The van der Waals surface area contributed by atoms with Crippen molar-refractivity contribution in [2.75, 3.05) is 39.3 Å². The Hall–Kier alpha value is -2.94. The third-order valence-corrected chi connectivity index (χ3v) is 8.59. The summed E-state index contributed by atoms with van der Waals surface area (Å²) >= 11 is 0. The molecule has 9 nitrogen and oxygen atoms in total. The second-order valence-electron chi connectivity index (χ2n) is 11.5. The third kappa shape index (κ3) is 3.24. The Bertz CT molecular complexity index is 1140. The lowest BCUT2D eigenvalue weighted by atomic mass is 9.60. The van der Waals surface area contributed by atoms with E-state index in [4.69, 9.17) is 0 Å². The molecular weight excluding hydrogens is 432 g/mol. The normalized spacial score (nSPS) is 24.9. The fraction of sp³-hybridized carbons (Fsp3) is 0.600. The molecule has 34 heavy (non-hydrogen) atoms. The van der Waals surface area contributed by atoms with Crippen molar-refractivity contribution < 1.29 is 14.7 Å². The van der Waals surface area contributed by atoms with Crippen molar-refractivity contribution in [2.45, 2.75) is 44.2 Å². The van der Waals surface area contributed by atoms with Crippen LogP contribution in [0.5, 0.6) is 0 Å². The van der Waals surface area contributed by atoms with Gasteiger partial charge in [-0.05, 0) is 37.3 Å². The van der Waals surface area contributed by atoms with Crippen LogP contribution in [0.4, 0.5) is 4.79 Å². The molecule has 178 valence electrons. The zero-order valence-corrected chi connectivity index (χ0v) is 19.3. The molecule has 2 spiro atoms. The number of urea groups is 1. The third-order valence-electron chi connectivity index (χ3n) is 8.59. The monoisotopic (exact) mass is 462 g/mol. The van der Waals surface area contributed by atoms with Crippen molar-refractivity contribution in [3.63, 3.8) is 0 Å². The van der Waals surface area contributed by atoms with Crippen LogP contribution in [0.25, 0.3) is 0 Å². The molecule has 0 atom stereocenters. The number of aromatic carboxylic acids is 1. The van der Waals surface area contributed by atoms with Crippen LogP contribution in [0.15, 0.2) is 30.6 Å². The number of likely N-dealkylation sites (tertiary alicyclic amines) is 3. The molecule has 2 saturated carbocycles. The minimum absolute atomic E-state index is 0.186. The Labute approximate surface area is 198 Å².